The lowest BCUT2D eigenvalue weighted by Crippen LogP contribution is -2.18. The molecule has 0 unspecified atom stereocenters. The van der Waals surface area contributed by atoms with Gasteiger partial charge >= 0.3 is 15.2 Å². The quantitative estimate of drug-likeness (QED) is 0.331. The molecule has 0 aromatic heterocycles. The molecule has 0 aliphatic heterocycles. The van der Waals surface area contributed by atoms with Gasteiger partial charge in [0.1, 0.15) is 0 Å². The Hall–Kier alpha value is 0.730. The lowest BCUT2D eigenvalue weighted by Gasteiger charge is -2.25. The van der Waals surface area contributed by atoms with Crippen molar-refractivity contribution >= 4 is 22.5 Å². The van der Waals surface area contributed by atoms with Gasteiger partial charge in [0.05, 0.1) is 12.3 Å². The maximum Gasteiger partial charge on any atom is 0.344 e. The van der Waals surface area contributed by atoms with Crippen LogP contribution in [0.1, 0.15) is 45.4 Å². The molecule has 4 N–H and O–H groups in total. The average molecular weight is 363 g/mol. The van der Waals surface area contributed by atoms with Gasteiger partial charge in [0.15, 0.2) is 5.40 Å². The van der Waals surface area contributed by atoms with Crippen LogP contribution in [0.25, 0.3) is 0 Å². The van der Waals surface area contributed by atoms with Gasteiger partial charge in [-0.15, -0.1) is 0 Å². The van der Waals surface area contributed by atoms with E-state index in [1.807, 2.05) is 13.3 Å². The van der Waals surface area contributed by atoms with Gasteiger partial charge in [0, 0.05) is 20.6 Å². The number of rotatable bonds is 11. The van der Waals surface area contributed by atoms with Crippen LogP contribution in [0.2, 0.25) is 0 Å². The molecule has 0 saturated carbocycles. The fraction of sp³-hybridized carbons (Fsp3) is 1.00. The van der Waals surface area contributed by atoms with Gasteiger partial charge in [-0.2, -0.15) is 0 Å². The van der Waals surface area contributed by atoms with Crippen LogP contribution in [0.4, 0.5) is 0 Å². The highest BCUT2D eigenvalue weighted by Crippen LogP contribution is 2.67. The van der Waals surface area contributed by atoms with Gasteiger partial charge in [-0.25, -0.2) is 0 Å². The van der Waals surface area contributed by atoms with Crippen LogP contribution in [0.5, 0.6) is 0 Å². The Labute approximate surface area is 128 Å². The minimum atomic E-state index is -4.78. The average Bonchev–Trinajstić information content (AvgIpc) is 2.28. The first-order valence-electron chi connectivity index (χ1n) is 7.32. The van der Waals surface area contributed by atoms with Gasteiger partial charge in [-0.3, -0.25) is 9.13 Å². The van der Waals surface area contributed by atoms with E-state index in [2.05, 4.69) is 6.92 Å². The summed E-state index contributed by atoms with van der Waals surface area (Å²) in [5, 5.41) is -1.84. The van der Waals surface area contributed by atoms with Crippen LogP contribution in [-0.2, 0) is 9.13 Å². The van der Waals surface area contributed by atoms with Crippen molar-refractivity contribution in [1.82, 2.24) is 0 Å². The van der Waals surface area contributed by atoms with E-state index in [9.17, 15) is 28.7 Å². The summed E-state index contributed by atoms with van der Waals surface area (Å²) in [6, 6.07) is 0. The molecule has 0 rings (SSSR count). The number of hydrogen-bond acceptors (Lipinski definition) is 2. The Bertz CT molecular complexity index is 364. The molecule has 0 aromatic rings. The second-order valence-electron chi connectivity index (χ2n) is 6.27. The minimum Gasteiger partial charge on any atom is -0.324 e. The molecule has 0 saturated heterocycles. The largest absolute Gasteiger partial charge is 0.344 e. The molecule has 0 aromatic carbocycles. The highest BCUT2D eigenvalue weighted by atomic mass is 31.2. The fourth-order valence-corrected chi connectivity index (χ4v) is 10.3. The maximum absolute atomic E-state index is 11.3. The van der Waals surface area contributed by atoms with Gasteiger partial charge in [-0.05, 0) is 12.8 Å². The van der Waals surface area contributed by atoms with E-state index in [4.69, 9.17) is 0 Å². The highest BCUT2D eigenvalue weighted by molar-refractivity contribution is 7.78. The highest BCUT2D eigenvalue weighted by Gasteiger charge is 2.49. The van der Waals surface area contributed by atoms with E-state index >= 15 is 0 Å². The van der Waals surface area contributed by atoms with Gasteiger partial charge < -0.3 is 19.6 Å². The van der Waals surface area contributed by atoms with Crippen molar-refractivity contribution in [3.8, 4) is 0 Å². The molecule has 0 aliphatic carbocycles. The molecule has 6 nitrogen and oxygen atoms in total. The molecule has 0 bridgehead atoms. The van der Waals surface area contributed by atoms with Crippen molar-refractivity contribution in [2.75, 3.05) is 25.7 Å². The number of unbranched alkanes of at least 4 members (excludes halogenated alkanes) is 5. The molecule has 0 radical (unpaired) electrons. The Balaban J connectivity index is 4.43. The van der Waals surface area contributed by atoms with Gasteiger partial charge in [0.2, 0.25) is 0 Å². The summed E-state index contributed by atoms with van der Waals surface area (Å²) < 4.78 is 22.6. The van der Waals surface area contributed by atoms with E-state index in [-0.39, 0.29) is 6.16 Å². The van der Waals surface area contributed by atoms with Crippen LogP contribution in [0, 0.1) is 0 Å². The zero-order chi connectivity index (χ0) is 16.7. The van der Waals surface area contributed by atoms with E-state index in [1.54, 1.807) is 0 Å². The van der Waals surface area contributed by atoms with Crippen molar-refractivity contribution in [2.24, 2.45) is 0 Å². The van der Waals surface area contributed by atoms with Gasteiger partial charge in [0.25, 0.3) is 0 Å². The molecule has 0 fully saturated rings. The SMILES string of the molecule is CCCCCCCC[P+](C)(C)CC(P(=O)(O)O)P(=O)(O)O. The summed E-state index contributed by atoms with van der Waals surface area (Å²) in [4.78, 5) is 36.7. The molecule has 0 heterocycles. The smallest absolute Gasteiger partial charge is 0.324 e. The lowest BCUT2D eigenvalue weighted by molar-refractivity contribution is 0.342. The second-order valence-corrected chi connectivity index (χ2v) is 15.0. The predicted molar refractivity (Wildman–Crippen MR) is 89.8 cm³/mol. The van der Waals surface area contributed by atoms with Crippen molar-refractivity contribution in [1.29, 1.82) is 0 Å². The Morgan fingerprint density at radius 2 is 1.29 bits per heavy atom. The molecule has 0 atom stereocenters. The molecule has 21 heavy (non-hydrogen) atoms. The Morgan fingerprint density at radius 3 is 1.71 bits per heavy atom. The van der Waals surface area contributed by atoms with E-state index < -0.39 is 27.9 Å². The molecular formula is C12H30O6P3+. The maximum atomic E-state index is 11.3. The topological polar surface area (TPSA) is 115 Å². The van der Waals surface area contributed by atoms with Crippen LogP contribution in [-0.4, -0.2) is 50.6 Å². The summed E-state index contributed by atoms with van der Waals surface area (Å²) in [5.74, 6) is 0. The fourth-order valence-electron chi connectivity index (χ4n) is 2.26. The van der Waals surface area contributed by atoms with Gasteiger partial charge in [-0.1, -0.05) is 32.6 Å². The van der Waals surface area contributed by atoms with Crippen molar-refractivity contribution in [2.45, 2.75) is 50.8 Å². The van der Waals surface area contributed by atoms with Crippen LogP contribution >= 0.6 is 22.5 Å². The summed E-state index contributed by atoms with van der Waals surface area (Å²) in [6.45, 7) is 5.98. The molecular weight excluding hydrogens is 333 g/mol. The molecule has 0 spiro atoms. The molecule has 9 heteroatoms. The van der Waals surface area contributed by atoms with Crippen LogP contribution < -0.4 is 0 Å². The predicted octanol–water partition coefficient (Wildman–Crippen LogP) is 3.31. The van der Waals surface area contributed by atoms with Crippen molar-refractivity contribution in [3.63, 3.8) is 0 Å². The van der Waals surface area contributed by atoms with Crippen molar-refractivity contribution in [3.05, 3.63) is 0 Å². The first kappa shape index (κ1) is 21.7. The standard InChI is InChI=1S/C12H29O6P3/c1-4-5-6-7-8-9-10-19(2,3)11-12(20(13,14)15)21(16,17)18/h12H,4-11H2,1-3H3,(H3-,13,14,15,16,17,18)/p+1. The summed E-state index contributed by atoms with van der Waals surface area (Å²) in [6.07, 6.45) is 7.53. The monoisotopic (exact) mass is 363 g/mol. The Kier molecular flexibility index (Phi) is 9.45. The summed E-state index contributed by atoms with van der Waals surface area (Å²) in [5.41, 5.74) is 0. The second kappa shape index (κ2) is 9.13. The van der Waals surface area contributed by atoms with E-state index in [1.165, 1.54) is 19.3 Å². The minimum absolute atomic E-state index is 0.0590. The Morgan fingerprint density at radius 1 is 0.857 bits per heavy atom. The van der Waals surface area contributed by atoms with Crippen LogP contribution in [0.15, 0.2) is 0 Å². The van der Waals surface area contributed by atoms with Crippen molar-refractivity contribution < 1.29 is 28.7 Å². The molecule has 0 amide bonds. The summed E-state index contributed by atoms with van der Waals surface area (Å²) in [7, 11) is -11.3. The number of hydrogen-bond donors (Lipinski definition) is 4. The molecule has 128 valence electrons. The van der Waals surface area contributed by atoms with E-state index in [0.717, 1.165) is 25.4 Å². The molecule has 0 aliphatic rings. The third-order valence-electron chi connectivity index (χ3n) is 3.55. The zero-order valence-corrected chi connectivity index (χ0v) is 15.9. The third-order valence-corrected chi connectivity index (χ3v) is 10.7. The zero-order valence-electron chi connectivity index (χ0n) is 13.2. The first-order chi connectivity index (χ1) is 9.40. The summed E-state index contributed by atoms with van der Waals surface area (Å²) >= 11 is 0. The lowest BCUT2D eigenvalue weighted by atomic mass is 10.1. The normalized spacial score (nSPS) is 13.9. The van der Waals surface area contributed by atoms with Crippen LogP contribution in [0.3, 0.4) is 0 Å². The third kappa shape index (κ3) is 10.2. The van der Waals surface area contributed by atoms with E-state index in [0.29, 0.717) is 0 Å². The first-order valence-corrected chi connectivity index (χ1v) is 13.7.